The molecular weight excluding hydrogens is 1230 g/mol. The van der Waals surface area contributed by atoms with E-state index in [1.807, 2.05) is 61.0 Å². The van der Waals surface area contributed by atoms with Crippen LogP contribution in [0, 0.1) is 29.6 Å². The van der Waals surface area contributed by atoms with Gasteiger partial charge in [0.05, 0.1) is 44.6 Å². The summed E-state index contributed by atoms with van der Waals surface area (Å²) in [6, 6.07) is -2.26. The van der Waals surface area contributed by atoms with Crippen molar-refractivity contribution in [3.05, 3.63) is 65.6 Å². The van der Waals surface area contributed by atoms with Crippen molar-refractivity contribution in [2.75, 3.05) is 84.8 Å². The number of carbonyl (C=O) groups excluding carboxylic acids is 8. The number of aliphatic hydroxyl groups is 3. The molecule has 15 atom stereocenters. The Kier molecular flexibility index (Phi) is 31.5. The topological polar surface area (TPSA) is 347 Å². The number of aliphatic hydroxyl groups excluding tert-OH is 2. The molecule has 4 amide bonds. The number of nitrogens with zero attached hydrogens (tertiary/aromatic N) is 5. The lowest BCUT2D eigenvalue weighted by Crippen LogP contribution is -2.61. The first-order valence-corrected chi connectivity index (χ1v) is 34.0. The number of piperidine rings is 1. The summed E-state index contributed by atoms with van der Waals surface area (Å²) in [5.74, 6) is -8.95. The zero-order chi connectivity index (χ0) is 69.4. The number of ketones is 3. The van der Waals surface area contributed by atoms with E-state index >= 15 is 0 Å². The number of ether oxygens (including phenoxy) is 7. The van der Waals surface area contributed by atoms with Crippen LogP contribution >= 0.6 is 0 Å². The maximum absolute atomic E-state index is 14.6. The normalized spacial score (nSPS) is 32.2. The monoisotopic (exact) mass is 1330 g/mol. The number of cyclic esters (lactones) is 1. The van der Waals surface area contributed by atoms with Crippen molar-refractivity contribution in [1.29, 1.82) is 0 Å². The van der Waals surface area contributed by atoms with E-state index in [1.54, 1.807) is 40.3 Å². The van der Waals surface area contributed by atoms with Gasteiger partial charge in [-0.1, -0.05) is 64.2 Å². The third-order valence-corrected chi connectivity index (χ3v) is 19.0. The van der Waals surface area contributed by atoms with Gasteiger partial charge < -0.3 is 79.5 Å². The Bertz CT molecular complexity index is 2830. The summed E-state index contributed by atoms with van der Waals surface area (Å²) in [6.07, 6.45) is 10.4. The van der Waals surface area contributed by atoms with E-state index in [4.69, 9.17) is 38.9 Å². The van der Waals surface area contributed by atoms with Gasteiger partial charge in [-0.15, -0.1) is 0 Å². The summed E-state index contributed by atoms with van der Waals surface area (Å²) >= 11 is 0. The molecule has 1 aromatic rings. The largest absolute Gasteiger partial charge is 0.459 e. The molecule has 95 heavy (non-hydrogen) atoms. The number of fused-ring (bicyclic) bond motifs is 3. The maximum atomic E-state index is 14.6. The molecule has 26 heteroatoms. The molecular formula is C69H106N8O18. The molecule has 0 unspecified atom stereocenters. The standard InChI is InChI=1S/C69H106N8O18/c1-10-91-32-24-60(80)75-27-29-76(30-28-75)67-73-41-50(42-74-67)40-72-59(79)23-31-92-33-25-71-68(87)94-55-22-20-49(37-58(55)90-9)36-52(70)57-39-54(78)45(4)35-47(6)62(82)63(83)61(81)46(5)34-43(2)16-12-11-13-17-44(3)56(89-8)38-51-21-19-48(7)69(88,95-51)64(84)65(85)77-26-15-14-18-53(77)66(86)93-57/h11-13,16-17,35,41-43,45-46,48-49,51-53,55-58,62-63,82-83,88H,10,14-15,18-34,36-40,70H2,1-9H3,(H,71,87)(H,72,79)/b13-11+,16-12+,44-17+,47-35+/t43-,45-,46-,48-,49+,51+,52-,53+,55-,56+,57+,58-,62-,63+,69-/m1/s1. The van der Waals surface area contributed by atoms with Crippen LogP contribution in [0.15, 0.2) is 60.0 Å². The second kappa shape index (κ2) is 38.5. The van der Waals surface area contributed by atoms with Crippen LogP contribution in [0.3, 0.4) is 0 Å². The van der Waals surface area contributed by atoms with E-state index in [0.29, 0.717) is 109 Å². The molecule has 6 rings (SSSR count). The summed E-state index contributed by atoms with van der Waals surface area (Å²) in [5, 5.41) is 40.0. The van der Waals surface area contributed by atoms with Crippen molar-refractivity contribution >= 4 is 53.1 Å². The predicted octanol–water partition coefficient (Wildman–Crippen LogP) is 4.54. The average molecular weight is 1340 g/mol. The quantitative estimate of drug-likeness (QED) is 0.0479. The second-order valence-electron chi connectivity index (χ2n) is 26.2. The number of anilines is 1. The molecule has 5 aliphatic rings. The first-order valence-electron chi connectivity index (χ1n) is 34.0. The number of rotatable bonds is 19. The van der Waals surface area contributed by atoms with Crippen molar-refractivity contribution in [3.63, 3.8) is 0 Å². The number of carbonyl (C=O) groups is 8. The molecule has 3 saturated heterocycles. The number of allylic oxidation sites excluding steroid dienone is 6. The smallest absolute Gasteiger partial charge is 0.407 e. The molecule has 2 bridgehead atoms. The van der Waals surface area contributed by atoms with Gasteiger partial charge in [-0.25, -0.2) is 19.6 Å². The highest BCUT2D eigenvalue weighted by Crippen LogP contribution is 2.38. The van der Waals surface area contributed by atoms with Gasteiger partial charge in [0.25, 0.3) is 11.7 Å². The fourth-order valence-electron chi connectivity index (χ4n) is 13.0. The SMILES string of the molecule is CCOCCC(=O)N1CCN(c2ncc(CNC(=O)CCOCCNC(=O)O[C@@H]3CC[C@@H](C[C@@H](N)[C@@H]4CC(=O)[C@H](C)/C=C(\C)[C@@H](O)[C@@H](O)C(=O)[C@H](C)C[C@H](C)/C=C/C=C/C=C(\C)[C@@H](OC)C[C@@H]5CC[C@@H](C)[C@@](O)(O5)C(=O)C(=O)N5CCCC[C@H]5C(=O)O4)C[C@H]3OC)cn2)CC1. The zero-order valence-corrected chi connectivity index (χ0v) is 57.2. The second-order valence-corrected chi connectivity index (χ2v) is 26.2. The minimum atomic E-state index is -2.51. The summed E-state index contributed by atoms with van der Waals surface area (Å²) in [7, 11) is 3.04. The van der Waals surface area contributed by atoms with E-state index in [1.165, 1.54) is 20.1 Å². The molecule has 5 heterocycles. The third-order valence-electron chi connectivity index (χ3n) is 19.0. The van der Waals surface area contributed by atoms with Gasteiger partial charge in [-0.3, -0.25) is 28.8 Å². The number of aromatic nitrogens is 2. The molecule has 530 valence electrons. The van der Waals surface area contributed by atoms with Gasteiger partial charge in [0.1, 0.15) is 36.2 Å². The van der Waals surface area contributed by atoms with E-state index < -0.39 is 120 Å². The fraction of sp³-hybridized carbons (Fsp3) is 0.710. The number of hydrogen-bond acceptors (Lipinski definition) is 22. The maximum Gasteiger partial charge on any atom is 0.407 e. The predicted molar refractivity (Wildman–Crippen MR) is 351 cm³/mol. The van der Waals surface area contributed by atoms with Crippen LogP contribution in [0.1, 0.15) is 144 Å². The lowest BCUT2D eigenvalue weighted by atomic mass is 9.80. The lowest BCUT2D eigenvalue weighted by Gasteiger charge is -2.42. The molecule has 7 N–H and O–H groups in total. The van der Waals surface area contributed by atoms with Gasteiger partial charge in [0.2, 0.25) is 23.5 Å². The first kappa shape index (κ1) is 77.6. The fourth-order valence-corrected chi connectivity index (χ4v) is 13.0. The highest BCUT2D eigenvalue weighted by Gasteiger charge is 2.53. The Hall–Kier alpha value is -6.36. The number of hydrogen-bond donors (Lipinski definition) is 6. The third kappa shape index (κ3) is 23.1. The number of nitrogens with one attached hydrogen (secondary N) is 2. The van der Waals surface area contributed by atoms with Crippen molar-refractivity contribution in [2.24, 2.45) is 35.3 Å². The van der Waals surface area contributed by atoms with Gasteiger partial charge in [0.15, 0.2) is 5.78 Å². The van der Waals surface area contributed by atoms with E-state index in [0.717, 1.165) is 10.5 Å². The zero-order valence-electron chi connectivity index (χ0n) is 57.2. The number of alkyl carbamates (subject to hydrolysis) is 1. The lowest BCUT2D eigenvalue weighted by molar-refractivity contribution is -0.265. The highest BCUT2D eigenvalue weighted by molar-refractivity contribution is 6.39. The van der Waals surface area contributed by atoms with Crippen LogP contribution in [-0.2, 0) is 73.3 Å². The first-order chi connectivity index (χ1) is 45.4. The van der Waals surface area contributed by atoms with Crippen molar-refractivity contribution in [3.8, 4) is 0 Å². The Morgan fingerprint density at radius 2 is 1.53 bits per heavy atom. The summed E-state index contributed by atoms with van der Waals surface area (Å²) < 4.78 is 40.8. The number of amides is 4. The number of Topliss-reactive ketones (excluding diaryl/α,β-unsaturated/α-hetero) is 3. The molecule has 1 saturated carbocycles. The molecule has 0 spiro atoms. The molecule has 4 aliphatic heterocycles. The van der Waals surface area contributed by atoms with Crippen molar-refractivity contribution < 1.29 is 86.8 Å². The van der Waals surface area contributed by atoms with Gasteiger partial charge >= 0.3 is 12.1 Å². The van der Waals surface area contributed by atoms with Crippen LogP contribution in [-0.4, -0.2) is 223 Å². The molecule has 1 aromatic heterocycles. The number of nitrogens with two attached hydrogens (primary N) is 1. The van der Waals surface area contributed by atoms with Crippen LogP contribution in [0.25, 0.3) is 0 Å². The minimum absolute atomic E-state index is 0.00361. The van der Waals surface area contributed by atoms with Crippen LogP contribution in [0.4, 0.5) is 10.7 Å². The molecule has 1 aliphatic carbocycles. The number of esters is 1. The Balaban J connectivity index is 1.04. The number of piperazine rings is 1. The molecule has 4 fully saturated rings. The van der Waals surface area contributed by atoms with Gasteiger partial charge in [-0.05, 0) is 108 Å². The van der Waals surface area contributed by atoms with Crippen molar-refractivity contribution in [2.45, 2.75) is 206 Å². The average Bonchev–Trinajstić information content (AvgIpc) is 0.778. The number of methoxy groups -OCH3 is 2. The molecule has 26 nitrogen and oxygen atoms in total. The Labute approximate surface area is 559 Å². The van der Waals surface area contributed by atoms with Gasteiger partial charge in [-0.2, -0.15) is 0 Å². The van der Waals surface area contributed by atoms with Crippen molar-refractivity contribution in [1.82, 2.24) is 30.4 Å². The van der Waals surface area contributed by atoms with Gasteiger partial charge in [0, 0.05) is 128 Å². The van der Waals surface area contributed by atoms with E-state index in [2.05, 4.69) is 20.6 Å². The van der Waals surface area contributed by atoms with E-state index in [-0.39, 0.29) is 87.8 Å². The Morgan fingerprint density at radius 1 is 0.800 bits per heavy atom. The summed E-state index contributed by atoms with van der Waals surface area (Å²) in [5.41, 5.74) is 8.71. The molecule has 0 radical (unpaired) electrons. The minimum Gasteiger partial charge on any atom is -0.459 e. The highest BCUT2D eigenvalue weighted by atomic mass is 16.6. The summed E-state index contributed by atoms with van der Waals surface area (Å²) in [4.78, 5) is 123. The van der Waals surface area contributed by atoms with Crippen LogP contribution < -0.4 is 21.3 Å². The van der Waals surface area contributed by atoms with Crippen LogP contribution in [0.2, 0.25) is 0 Å². The van der Waals surface area contributed by atoms with Crippen LogP contribution in [0.5, 0.6) is 0 Å². The Morgan fingerprint density at radius 3 is 2.23 bits per heavy atom. The molecule has 0 aromatic carbocycles. The van der Waals surface area contributed by atoms with E-state index in [9.17, 15) is 53.7 Å². The summed E-state index contributed by atoms with van der Waals surface area (Å²) in [6.45, 7) is 16.0.